The zero-order chi connectivity index (χ0) is 69.5. The lowest BCUT2D eigenvalue weighted by molar-refractivity contribution is 0.669. The highest BCUT2D eigenvalue weighted by molar-refractivity contribution is 6.28. The molecule has 20 aromatic carbocycles. The predicted molar refractivity (Wildman–Crippen MR) is 450 cm³/mol. The van der Waals surface area contributed by atoms with Crippen molar-refractivity contribution in [2.24, 2.45) is 0 Å². The van der Waals surface area contributed by atoms with Crippen LogP contribution in [-0.4, -0.2) is 0 Å². The van der Waals surface area contributed by atoms with Crippen molar-refractivity contribution >= 4 is 130 Å². The summed E-state index contributed by atoms with van der Waals surface area (Å²) in [5, 5.41) is 23.6. The number of hydrogen-bond acceptors (Lipinski definition) is 2. The van der Waals surface area contributed by atoms with Crippen molar-refractivity contribution in [3.8, 4) is 100 Å². The third kappa shape index (κ3) is 9.18. The van der Waals surface area contributed by atoms with Crippen LogP contribution in [0.1, 0.15) is 0 Å². The molecule has 0 amide bonds. The van der Waals surface area contributed by atoms with Gasteiger partial charge in [0.2, 0.25) is 0 Å². The number of hydrogen-bond donors (Lipinski definition) is 0. The summed E-state index contributed by atoms with van der Waals surface area (Å²) in [7, 11) is 0. The molecule has 0 atom stereocenters. The Morgan fingerprint density at radius 2 is 0.519 bits per heavy atom. The van der Waals surface area contributed by atoms with E-state index in [4.69, 9.17) is 8.83 Å². The van der Waals surface area contributed by atoms with E-state index >= 15 is 0 Å². The van der Waals surface area contributed by atoms with Crippen molar-refractivity contribution in [2.45, 2.75) is 0 Å². The Kier molecular flexibility index (Phi) is 13.4. The van der Waals surface area contributed by atoms with Crippen molar-refractivity contribution < 1.29 is 8.83 Å². The van der Waals surface area contributed by atoms with Crippen LogP contribution < -0.4 is 0 Å². The molecule has 0 unspecified atom stereocenters. The molecule has 0 aliphatic carbocycles. The van der Waals surface area contributed by atoms with Crippen molar-refractivity contribution in [3.63, 3.8) is 0 Å². The van der Waals surface area contributed by atoms with Gasteiger partial charge in [0.25, 0.3) is 0 Å². The SMILES string of the molecule is c1ccc(-c2cc3oc4c(-c5ccc(-c6c7ccccc7c(-c7cc(-c8ccccc8)c8oc9ccccc9c8c7)c7ccccc67)c(-c6cc7ccccc7c7ccccc67)c5)cccc4c3cc2-c2c3ccccc3c(-c3ccccc3-c3cc4ccccc4c4ccccc34)c3ccccc23)cc1. The van der Waals surface area contributed by atoms with Gasteiger partial charge in [-0.25, -0.2) is 0 Å². The molecule has 0 bridgehead atoms. The highest BCUT2D eigenvalue weighted by Gasteiger charge is 2.27. The van der Waals surface area contributed by atoms with Gasteiger partial charge in [-0.1, -0.05) is 328 Å². The average molecular weight is 1340 g/mol. The molecule has 2 aromatic heterocycles. The minimum Gasteiger partial charge on any atom is -0.455 e. The van der Waals surface area contributed by atoms with E-state index in [9.17, 15) is 0 Å². The molecule has 490 valence electrons. The third-order valence-electron chi connectivity index (χ3n) is 22.6. The van der Waals surface area contributed by atoms with Crippen LogP contribution in [-0.2, 0) is 0 Å². The quantitative estimate of drug-likeness (QED) is 0.106. The Balaban J connectivity index is 0.768. The van der Waals surface area contributed by atoms with Crippen LogP contribution in [0.4, 0.5) is 0 Å². The predicted octanol–water partition coefficient (Wildman–Crippen LogP) is 29.7. The van der Waals surface area contributed by atoms with Gasteiger partial charge in [0.05, 0.1) is 0 Å². The molecule has 0 spiro atoms. The van der Waals surface area contributed by atoms with E-state index in [-0.39, 0.29) is 0 Å². The molecule has 0 fully saturated rings. The van der Waals surface area contributed by atoms with Crippen molar-refractivity contribution in [1.29, 1.82) is 0 Å². The summed E-state index contributed by atoms with van der Waals surface area (Å²) >= 11 is 0. The van der Waals surface area contributed by atoms with Gasteiger partial charge in [-0.05, 0) is 224 Å². The van der Waals surface area contributed by atoms with Crippen molar-refractivity contribution in [2.75, 3.05) is 0 Å². The highest BCUT2D eigenvalue weighted by Crippen LogP contribution is 2.54. The van der Waals surface area contributed by atoms with Gasteiger partial charge in [-0.2, -0.15) is 0 Å². The van der Waals surface area contributed by atoms with E-state index in [0.29, 0.717) is 0 Å². The van der Waals surface area contributed by atoms with Crippen LogP contribution >= 0.6 is 0 Å². The lowest BCUT2D eigenvalue weighted by Crippen LogP contribution is -1.95. The zero-order valence-electron chi connectivity index (χ0n) is 57.6. The first-order chi connectivity index (χ1) is 52.6. The van der Waals surface area contributed by atoms with Gasteiger partial charge in [-0.15, -0.1) is 0 Å². The van der Waals surface area contributed by atoms with E-state index in [1.807, 2.05) is 0 Å². The topological polar surface area (TPSA) is 26.3 Å². The number of benzene rings is 20. The second-order valence-electron chi connectivity index (χ2n) is 28.3. The van der Waals surface area contributed by atoms with E-state index in [0.717, 1.165) is 99.5 Å². The van der Waals surface area contributed by atoms with Crippen LogP contribution in [0.2, 0.25) is 0 Å². The van der Waals surface area contributed by atoms with Crippen molar-refractivity contribution in [3.05, 3.63) is 376 Å². The molecule has 0 aliphatic rings. The Bertz CT molecular complexity index is 7320. The van der Waals surface area contributed by atoms with Gasteiger partial charge in [-0.3, -0.25) is 0 Å². The fourth-order valence-electron chi connectivity index (χ4n) is 18.0. The number of rotatable bonds is 9. The van der Waals surface area contributed by atoms with E-state index in [1.165, 1.54) is 131 Å². The van der Waals surface area contributed by atoms with Gasteiger partial charge in [0.1, 0.15) is 22.3 Å². The average Bonchev–Trinajstić information content (AvgIpc) is 1.14. The third-order valence-corrected chi connectivity index (χ3v) is 22.6. The molecule has 0 aliphatic heterocycles. The number of fused-ring (bicyclic) bond motifs is 16. The van der Waals surface area contributed by atoms with E-state index in [1.54, 1.807) is 0 Å². The van der Waals surface area contributed by atoms with Gasteiger partial charge >= 0.3 is 0 Å². The van der Waals surface area contributed by atoms with Crippen LogP contribution in [0.3, 0.4) is 0 Å². The minimum atomic E-state index is 0.832. The van der Waals surface area contributed by atoms with Crippen LogP contribution in [0.15, 0.2) is 385 Å². The lowest BCUT2D eigenvalue weighted by atomic mass is 9.81. The Hall–Kier alpha value is -13.9. The fourth-order valence-corrected chi connectivity index (χ4v) is 18.0. The molecular formula is C104H62O2. The zero-order valence-corrected chi connectivity index (χ0v) is 57.6. The number of para-hydroxylation sites is 2. The van der Waals surface area contributed by atoms with Crippen molar-refractivity contribution in [1.82, 2.24) is 0 Å². The van der Waals surface area contributed by atoms with Crippen LogP contribution in [0, 0.1) is 0 Å². The summed E-state index contributed by atoms with van der Waals surface area (Å²) in [6, 6.07) is 139. The smallest absolute Gasteiger partial charge is 0.143 e. The Labute approximate surface area is 611 Å². The number of furan rings is 2. The summed E-state index contributed by atoms with van der Waals surface area (Å²) in [6.07, 6.45) is 0. The lowest BCUT2D eigenvalue weighted by Gasteiger charge is -2.22. The summed E-state index contributed by atoms with van der Waals surface area (Å²) in [4.78, 5) is 0. The molecule has 2 heterocycles. The molecule has 2 nitrogen and oxygen atoms in total. The van der Waals surface area contributed by atoms with Gasteiger partial charge in [0.15, 0.2) is 0 Å². The second kappa shape index (κ2) is 23.8. The molecule has 0 radical (unpaired) electrons. The van der Waals surface area contributed by atoms with Gasteiger partial charge < -0.3 is 8.83 Å². The summed E-state index contributed by atoms with van der Waals surface area (Å²) in [5.74, 6) is 0. The molecule has 0 saturated heterocycles. The van der Waals surface area contributed by atoms with E-state index in [2.05, 4.69) is 376 Å². The first kappa shape index (κ1) is 59.7. The first-order valence-electron chi connectivity index (χ1n) is 36.6. The molecule has 0 saturated carbocycles. The van der Waals surface area contributed by atoms with Crippen LogP contribution in [0.25, 0.3) is 230 Å². The Morgan fingerprint density at radius 3 is 1.08 bits per heavy atom. The van der Waals surface area contributed by atoms with E-state index < -0.39 is 0 Å². The molecule has 106 heavy (non-hydrogen) atoms. The molecular weight excluding hydrogens is 1280 g/mol. The van der Waals surface area contributed by atoms with Gasteiger partial charge in [0, 0.05) is 32.7 Å². The molecule has 0 N–H and O–H groups in total. The molecule has 22 rings (SSSR count). The highest BCUT2D eigenvalue weighted by atomic mass is 16.3. The largest absolute Gasteiger partial charge is 0.455 e. The Morgan fingerprint density at radius 1 is 0.132 bits per heavy atom. The molecule has 22 aromatic rings. The second-order valence-corrected chi connectivity index (χ2v) is 28.3. The standard InChI is InChI=1S/C104H62O2/c1-3-28-63(29-4-1)89-62-98-94(61-95(89)102-85-49-23-21-47-83(85)100(84-48-22-24-50-86(84)102)78-42-16-15-40-76(78)91-56-65-32-7-9-34-69(65)72-36-11-13-38-74(72)91)88-52-27-51-71(103(88)106-98)67-54-55-87(93(58-67)92-57-66-33-8-10-35-70(66)73-37-12-14-39-75(73)92)101-81-45-19-17-43-79(81)99(80-44-18-20-46-82(80)101)68-59-90(64-30-5-2-6-31-64)104-96(60-68)77-41-25-26-53-97(77)105-104/h1-62H. The summed E-state index contributed by atoms with van der Waals surface area (Å²) in [5.41, 5.74) is 24.1. The maximum atomic E-state index is 7.49. The summed E-state index contributed by atoms with van der Waals surface area (Å²) < 4.78 is 14.3. The maximum Gasteiger partial charge on any atom is 0.143 e. The summed E-state index contributed by atoms with van der Waals surface area (Å²) in [6.45, 7) is 0. The first-order valence-corrected chi connectivity index (χ1v) is 36.6. The minimum absolute atomic E-state index is 0.832. The normalized spacial score (nSPS) is 12.0. The monoisotopic (exact) mass is 1340 g/mol. The fraction of sp³-hybridized carbons (Fsp3) is 0. The van der Waals surface area contributed by atoms with Crippen LogP contribution in [0.5, 0.6) is 0 Å². The molecule has 2 heteroatoms. The maximum absolute atomic E-state index is 7.49.